The van der Waals surface area contributed by atoms with E-state index in [0.29, 0.717) is 5.75 Å². The van der Waals surface area contributed by atoms with Crippen LogP contribution in [0.2, 0.25) is 0 Å². The molecule has 0 heterocycles. The predicted molar refractivity (Wildman–Crippen MR) is 72.6 cm³/mol. The third-order valence-corrected chi connectivity index (χ3v) is 3.02. The van der Waals surface area contributed by atoms with Crippen LogP contribution in [0, 0.1) is 0 Å². The highest BCUT2D eigenvalue weighted by molar-refractivity contribution is 14.1. The number of benzene rings is 1. The Morgan fingerprint density at radius 2 is 1.80 bits per heavy atom. The maximum atomic E-state index is 9.10. The van der Waals surface area contributed by atoms with Crippen LogP contribution in [0.4, 0.5) is 0 Å². The van der Waals surface area contributed by atoms with Crippen LogP contribution in [0.5, 0.6) is 5.75 Å². The van der Waals surface area contributed by atoms with Crippen LogP contribution in [-0.2, 0) is 6.54 Å². The number of hydrogen-bond acceptors (Lipinski definition) is 2. The van der Waals surface area contributed by atoms with Crippen molar-refractivity contribution in [1.29, 1.82) is 0 Å². The van der Waals surface area contributed by atoms with Gasteiger partial charge >= 0.3 is 0 Å². The molecule has 0 spiro atoms. The van der Waals surface area contributed by atoms with E-state index in [1.807, 2.05) is 12.1 Å². The van der Waals surface area contributed by atoms with Gasteiger partial charge in [0, 0.05) is 6.54 Å². The fraction of sp³-hybridized carbons (Fsp3) is 0.500. The van der Waals surface area contributed by atoms with Crippen molar-refractivity contribution in [2.45, 2.75) is 25.8 Å². The Morgan fingerprint density at radius 1 is 1.07 bits per heavy atom. The highest BCUT2D eigenvalue weighted by Gasteiger charge is 1.93. The molecule has 0 aliphatic rings. The number of aromatic hydroxyl groups is 1. The molecule has 2 N–H and O–H groups in total. The van der Waals surface area contributed by atoms with Gasteiger partial charge in [-0.05, 0) is 41.5 Å². The minimum atomic E-state index is 0.334. The predicted octanol–water partition coefficient (Wildman–Crippen LogP) is 3.09. The number of halogens is 1. The fourth-order valence-corrected chi connectivity index (χ4v) is 1.91. The van der Waals surface area contributed by atoms with E-state index in [0.717, 1.165) is 13.1 Å². The maximum Gasteiger partial charge on any atom is 0.115 e. The van der Waals surface area contributed by atoms with E-state index < -0.39 is 0 Å². The Hall–Kier alpha value is -0.290. The summed E-state index contributed by atoms with van der Waals surface area (Å²) in [6.07, 6.45) is 3.88. The van der Waals surface area contributed by atoms with Crippen LogP contribution < -0.4 is 5.32 Å². The molecule has 1 rings (SSSR count). The lowest BCUT2D eigenvalue weighted by Crippen LogP contribution is -2.14. The third-order valence-electron chi connectivity index (χ3n) is 2.25. The van der Waals surface area contributed by atoms with Crippen molar-refractivity contribution in [3.05, 3.63) is 29.8 Å². The summed E-state index contributed by atoms with van der Waals surface area (Å²) in [5.74, 6) is 0.334. The Morgan fingerprint density at radius 3 is 2.47 bits per heavy atom. The zero-order valence-corrected chi connectivity index (χ0v) is 11.0. The molecule has 15 heavy (non-hydrogen) atoms. The molecule has 0 radical (unpaired) electrons. The molecule has 0 saturated heterocycles. The van der Waals surface area contributed by atoms with Crippen molar-refractivity contribution in [3.63, 3.8) is 0 Å². The zero-order valence-electron chi connectivity index (χ0n) is 8.88. The minimum Gasteiger partial charge on any atom is -0.508 e. The summed E-state index contributed by atoms with van der Waals surface area (Å²) in [7, 11) is 0. The minimum absolute atomic E-state index is 0.334. The van der Waals surface area contributed by atoms with E-state index in [1.165, 1.54) is 29.3 Å². The summed E-state index contributed by atoms with van der Waals surface area (Å²) in [6.45, 7) is 1.97. The highest BCUT2D eigenvalue weighted by Crippen LogP contribution is 2.09. The smallest absolute Gasteiger partial charge is 0.115 e. The first-order valence-electron chi connectivity index (χ1n) is 5.37. The van der Waals surface area contributed by atoms with Crippen LogP contribution in [0.15, 0.2) is 24.3 Å². The normalized spacial score (nSPS) is 10.5. The first kappa shape index (κ1) is 12.8. The Labute approximate surface area is 105 Å². The zero-order chi connectivity index (χ0) is 10.9. The fourth-order valence-electron chi connectivity index (χ4n) is 1.37. The summed E-state index contributed by atoms with van der Waals surface area (Å²) < 4.78 is 1.26. The number of hydrogen-bond donors (Lipinski definition) is 2. The second-order valence-electron chi connectivity index (χ2n) is 3.59. The molecular weight excluding hydrogens is 301 g/mol. The van der Waals surface area contributed by atoms with E-state index in [-0.39, 0.29) is 0 Å². The molecule has 0 aromatic heterocycles. The van der Waals surface area contributed by atoms with Crippen LogP contribution in [-0.4, -0.2) is 16.1 Å². The molecule has 0 unspecified atom stereocenters. The van der Waals surface area contributed by atoms with Gasteiger partial charge in [0.1, 0.15) is 5.75 Å². The van der Waals surface area contributed by atoms with Crippen molar-refractivity contribution in [1.82, 2.24) is 5.32 Å². The Balaban J connectivity index is 2.07. The van der Waals surface area contributed by atoms with Crippen molar-refractivity contribution < 1.29 is 5.11 Å². The molecule has 0 fully saturated rings. The van der Waals surface area contributed by atoms with Gasteiger partial charge in [-0.3, -0.25) is 0 Å². The summed E-state index contributed by atoms with van der Waals surface area (Å²) in [4.78, 5) is 0. The lowest BCUT2D eigenvalue weighted by Gasteiger charge is -2.04. The molecule has 0 aliphatic heterocycles. The van der Waals surface area contributed by atoms with E-state index in [1.54, 1.807) is 12.1 Å². The number of alkyl halides is 1. The molecule has 0 saturated carbocycles. The molecule has 0 bridgehead atoms. The van der Waals surface area contributed by atoms with E-state index >= 15 is 0 Å². The molecule has 0 atom stereocenters. The lowest BCUT2D eigenvalue weighted by atomic mass is 10.2. The van der Waals surface area contributed by atoms with E-state index in [2.05, 4.69) is 27.9 Å². The molecule has 3 heteroatoms. The van der Waals surface area contributed by atoms with Crippen molar-refractivity contribution in [2.75, 3.05) is 11.0 Å². The standard InChI is InChI=1S/C12H18INO/c13-8-2-1-3-9-14-10-11-4-6-12(15)7-5-11/h4-7,14-15H,1-3,8-10H2. The second kappa shape index (κ2) is 7.93. The van der Waals surface area contributed by atoms with Crippen LogP contribution in [0.1, 0.15) is 24.8 Å². The van der Waals surface area contributed by atoms with Crippen LogP contribution in [0.3, 0.4) is 0 Å². The summed E-state index contributed by atoms with van der Waals surface area (Å²) in [5.41, 5.74) is 1.22. The topological polar surface area (TPSA) is 32.3 Å². The number of rotatable bonds is 7. The van der Waals surface area contributed by atoms with Crippen LogP contribution in [0.25, 0.3) is 0 Å². The van der Waals surface area contributed by atoms with Gasteiger partial charge in [-0.25, -0.2) is 0 Å². The molecule has 1 aromatic rings. The lowest BCUT2D eigenvalue weighted by molar-refractivity contribution is 0.475. The SMILES string of the molecule is Oc1ccc(CNCCCCCI)cc1. The molecule has 1 aromatic carbocycles. The monoisotopic (exact) mass is 319 g/mol. The van der Waals surface area contributed by atoms with Crippen molar-refractivity contribution in [3.8, 4) is 5.75 Å². The van der Waals surface area contributed by atoms with Gasteiger partial charge < -0.3 is 10.4 Å². The molecule has 2 nitrogen and oxygen atoms in total. The van der Waals surface area contributed by atoms with Gasteiger partial charge in [-0.15, -0.1) is 0 Å². The van der Waals surface area contributed by atoms with Gasteiger partial charge in [0.25, 0.3) is 0 Å². The van der Waals surface area contributed by atoms with E-state index in [4.69, 9.17) is 5.11 Å². The number of phenolic OH excluding ortho intramolecular Hbond substituents is 1. The summed E-state index contributed by atoms with van der Waals surface area (Å²) >= 11 is 2.42. The van der Waals surface area contributed by atoms with Gasteiger partial charge in [0.2, 0.25) is 0 Å². The van der Waals surface area contributed by atoms with Gasteiger partial charge in [-0.1, -0.05) is 41.1 Å². The van der Waals surface area contributed by atoms with Gasteiger partial charge in [-0.2, -0.15) is 0 Å². The quantitative estimate of drug-likeness (QED) is 0.460. The average Bonchev–Trinajstić information content (AvgIpc) is 2.26. The first-order chi connectivity index (χ1) is 7.33. The first-order valence-corrected chi connectivity index (χ1v) is 6.90. The molecule has 0 amide bonds. The third kappa shape index (κ3) is 5.99. The van der Waals surface area contributed by atoms with Crippen molar-refractivity contribution in [2.24, 2.45) is 0 Å². The molecule has 84 valence electrons. The Kier molecular flexibility index (Phi) is 6.76. The van der Waals surface area contributed by atoms with E-state index in [9.17, 15) is 0 Å². The van der Waals surface area contributed by atoms with Gasteiger partial charge in [0.05, 0.1) is 0 Å². The number of unbranched alkanes of at least 4 members (excludes halogenated alkanes) is 2. The second-order valence-corrected chi connectivity index (χ2v) is 4.67. The Bertz CT molecular complexity index is 261. The molecule has 0 aliphatic carbocycles. The number of phenols is 1. The number of nitrogens with one attached hydrogen (secondary N) is 1. The largest absolute Gasteiger partial charge is 0.508 e. The van der Waals surface area contributed by atoms with Crippen LogP contribution >= 0.6 is 22.6 Å². The summed E-state index contributed by atoms with van der Waals surface area (Å²) in [6, 6.07) is 7.36. The van der Waals surface area contributed by atoms with Crippen molar-refractivity contribution >= 4 is 22.6 Å². The molecular formula is C12H18INO. The van der Waals surface area contributed by atoms with Gasteiger partial charge in [0.15, 0.2) is 0 Å². The maximum absolute atomic E-state index is 9.10. The highest BCUT2D eigenvalue weighted by atomic mass is 127. The summed E-state index contributed by atoms with van der Waals surface area (Å²) in [5, 5.41) is 12.5. The average molecular weight is 319 g/mol.